The molecule has 2 aliphatic heterocycles. The predicted molar refractivity (Wildman–Crippen MR) is 163 cm³/mol. The smallest absolute Gasteiger partial charge is 0.410 e. The van der Waals surface area contributed by atoms with E-state index in [0.717, 1.165) is 25.5 Å². The molecule has 1 saturated heterocycles. The lowest BCUT2D eigenvalue weighted by molar-refractivity contribution is -0.0472. The predicted octanol–water partition coefficient (Wildman–Crippen LogP) is 5.79. The number of carbonyl (C=O) groups is 2. The van der Waals surface area contributed by atoms with Gasteiger partial charge in [0.25, 0.3) is 12.3 Å². The Kier molecular flexibility index (Phi) is 9.10. The number of hydrogen-bond donors (Lipinski definition) is 2. The molecule has 0 bridgehead atoms. The SMILES string of the molecule is CC1CN(c2cc(F)c(C3=CCCN(C(=O)OC4(C)CCC4)CC3)cc2NC(=O)c2c[nH]c(=O)cc2C(F)F)CC(C)N1C. The summed E-state index contributed by atoms with van der Waals surface area (Å²) in [6, 6.07) is 3.89. The molecule has 44 heavy (non-hydrogen) atoms. The number of rotatable bonds is 6. The van der Waals surface area contributed by atoms with Gasteiger partial charge in [0.15, 0.2) is 0 Å². The van der Waals surface area contributed by atoms with Crippen LogP contribution in [0.15, 0.2) is 35.3 Å². The number of H-pyrrole nitrogens is 1. The normalized spacial score (nSPS) is 22.2. The van der Waals surface area contributed by atoms with Crippen LogP contribution in [0.2, 0.25) is 0 Å². The number of nitrogens with zero attached hydrogens (tertiary/aromatic N) is 3. The minimum atomic E-state index is -3.04. The number of hydrogen-bond acceptors (Lipinski definition) is 6. The first kappa shape index (κ1) is 31.6. The summed E-state index contributed by atoms with van der Waals surface area (Å²) in [5.41, 5.74) is -0.609. The zero-order valence-corrected chi connectivity index (χ0v) is 25.6. The van der Waals surface area contributed by atoms with Gasteiger partial charge in [0.2, 0.25) is 5.56 Å². The molecule has 2 atom stereocenters. The van der Waals surface area contributed by atoms with Crippen LogP contribution in [0.25, 0.3) is 5.57 Å². The van der Waals surface area contributed by atoms with Crippen molar-refractivity contribution in [3.05, 3.63) is 63.3 Å². The minimum Gasteiger partial charge on any atom is -0.443 e. The quantitative estimate of drug-likeness (QED) is 0.427. The number of piperazine rings is 1. The number of aromatic amines is 1. The van der Waals surface area contributed by atoms with Crippen LogP contribution in [0, 0.1) is 5.82 Å². The van der Waals surface area contributed by atoms with Gasteiger partial charge in [-0.3, -0.25) is 14.5 Å². The Morgan fingerprint density at radius 1 is 1.11 bits per heavy atom. The first-order chi connectivity index (χ1) is 20.8. The maximum Gasteiger partial charge on any atom is 0.410 e. The molecular weight excluding hydrogens is 575 g/mol. The molecule has 5 rings (SSSR count). The Bertz CT molecular complexity index is 1490. The third-order valence-electron chi connectivity index (χ3n) is 9.26. The van der Waals surface area contributed by atoms with Crippen molar-refractivity contribution in [3.8, 4) is 0 Å². The topological polar surface area (TPSA) is 98.0 Å². The molecule has 2 amide bonds. The van der Waals surface area contributed by atoms with Gasteiger partial charge >= 0.3 is 6.09 Å². The molecule has 1 aromatic carbocycles. The van der Waals surface area contributed by atoms with Gasteiger partial charge < -0.3 is 24.8 Å². The number of pyridine rings is 1. The first-order valence-corrected chi connectivity index (χ1v) is 15.1. The Morgan fingerprint density at radius 2 is 1.82 bits per heavy atom. The Labute approximate surface area is 255 Å². The van der Waals surface area contributed by atoms with Crippen LogP contribution in [0.1, 0.15) is 80.8 Å². The molecule has 12 heteroatoms. The number of halogens is 3. The number of ether oxygens (including phenoxy) is 1. The molecular formula is C32H40F3N5O4. The lowest BCUT2D eigenvalue weighted by atomic mass is 9.82. The average Bonchev–Trinajstić information content (AvgIpc) is 3.22. The number of likely N-dealkylation sites (N-methyl/N-ethyl adjacent to an activating group) is 1. The van der Waals surface area contributed by atoms with Gasteiger partial charge in [-0.05, 0) is 77.6 Å². The van der Waals surface area contributed by atoms with Crippen LogP contribution >= 0.6 is 0 Å². The number of aromatic nitrogens is 1. The van der Waals surface area contributed by atoms with E-state index in [0.29, 0.717) is 56.3 Å². The molecule has 1 saturated carbocycles. The maximum absolute atomic E-state index is 15.9. The maximum atomic E-state index is 15.9. The van der Waals surface area contributed by atoms with E-state index in [1.807, 2.05) is 24.9 Å². The van der Waals surface area contributed by atoms with E-state index in [1.54, 1.807) is 11.0 Å². The molecule has 1 aliphatic carbocycles. The fourth-order valence-electron chi connectivity index (χ4n) is 6.17. The van der Waals surface area contributed by atoms with Gasteiger partial charge in [0, 0.05) is 61.7 Å². The molecule has 3 aliphatic rings. The second kappa shape index (κ2) is 12.7. The Morgan fingerprint density at radius 3 is 2.45 bits per heavy atom. The first-order valence-electron chi connectivity index (χ1n) is 15.1. The van der Waals surface area contributed by atoms with Gasteiger partial charge in [-0.15, -0.1) is 0 Å². The summed E-state index contributed by atoms with van der Waals surface area (Å²) in [5.74, 6) is -1.34. The second-order valence-corrected chi connectivity index (χ2v) is 12.5. The highest BCUT2D eigenvalue weighted by molar-refractivity contribution is 6.07. The summed E-state index contributed by atoms with van der Waals surface area (Å²) in [6.07, 6.45) is 3.00. The van der Waals surface area contributed by atoms with Crippen molar-refractivity contribution < 1.29 is 27.5 Å². The van der Waals surface area contributed by atoms with E-state index < -0.39 is 34.9 Å². The van der Waals surface area contributed by atoms with E-state index in [9.17, 15) is 23.2 Å². The Balaban J connectivity index is 1.45. The number of amides is 2. The molecule has 0 radical (unpaired) electrons. The number of anilines is 2. The highest BCUT2D eigenvalue weighted by Gasteiger charge is 2.37. The van der Waals surface area contributed by atoms with Gasteiger partial charge in [0.05, 0.1) is 16.9 Å². The van der Waals surface area contributed by atoms with Gasteiger partial charge in [-0.2, -0.15) is 0 Å². The van der Waals surface area contributed by atoms with Crippen LogP contribution in [0.4, 0.5) is 29.3 Å². The highest BCUT2D eigenvalue weighted by atomic mass is 19.3. The molecule has 3 heterocycles. The van der Waals surface area contributed by atoms with Crippen LogP contribution in [0.3, 0.4) is 0 Å². The van der Waals surface area contributed by atoms with Gasteiger partial charge in [-0.25, -0.2) is 18.0 Å². The summed E-state index contributed by atoms with van der Waals surface area (Å²) in [5, 5.41) is 2.74. The van der Waals surface area contributed by atoms with Gasteiger partial charge in [0.1, 0.15) is 11.4 Å². The summed E-state index contributed by atoms with van der Waals surface area (Å²) < 4.78 is 49.2. The molecule has 2 unspecified atom stereocenters. The van der Waals surface area contributed by atoms with E-state index in [1.165, 1.54) is 6.07 Å². The van der Waals surface area contributed by atoms with Crippen molar-refractivity contribution in [1.82, 2.24) is 14.8 Å². The van der Waals surface area contributed by atoms with Crippen molar-refractivity contribution in [2.24, 2.45) is 0 Å². The van der Waals surface area contributed by atoms with Crippen molar-refractivity contribution in [2.45, 2.75) is 77.0 Å². The minimum absolute atomic E-state index is 0.132. The summed E-state index contributed by atoms with van der Waals surface area (Å²) in [4.78, 5) is 46.1. The zero-order valence-electron chi connectivity index (χ0n) is 25.6. The van der Waals surface area contributed by atoms with Crippen molar-refractivity contribution in [1.29, 1.82) is 0 Å². The van der Waals surface area contributed by atoms with Crippen LogP contribution in [-0.2, 0) is 4.74 Å². The van der Waals surface area contributed by atoms with E-state index >= 15 is 4.39 Å². The molecule has 238 valence electrons. The number of nitrogens with one attached hydrogen (secondary N) is 2. The Hall–Kier alpha value is -3.80. The zero-order chi connectivity index (χ0) is 31.8. The monoisotopic (exact) mass is 615 g/mol. The highest BCUT2D eigenvalue weighted by Crippen LogP contribution is 2.38. The molecule has 0 spiro atoms. The number of alkyl halides is 2. The molecule has 1 aromatic heterocycles. The van der Waals surface area contributed by atoms with Gasteiger partial charge in [-0.1, -0.05) is 6.08 Å². The van der Waals surface area contributed by atoms with Crippen molar-refractivity contribution in [2.75, 3.05) is 43.4 Å². The van der Waals surface area contributed by atoms with Crippen LogP contribution < -0.4 is 15.8 Å². The fourth-order valence-corrected chi connectivity index (χ4v) is 6.17. The van der Waals surface area contributed by atoms with Crippen LogP contribution in [-0.4, -0.2) is 77.7 Å². The molecule has 2 aromatic rings. The fraction of sp³-hybridized carbons (Fsp3) is 0.531. The summed E-state index contributed by atoms with van der Waals surface area (Å²) in [7, 11) is 2.02. The lowest BCUT2D eigenvalue weighted by Crippen LogP contribution is -2.55. The van der Waals surface area contributed by atoms with E-state index in [4.69, 9.17) is 4.74 Å². The second-order valence-electron chi connectivity index (χ2n) is 12.5. The number of benzene rings is 1. The summed E-state index contributed by atoms with van der Waals surface area (Å²) >= 11 is 0. The largest absolute Gasteiger partial charge is 0.443 e. The van der Waals surface area contributed by atoms with Crippen LogP contribution in [0.5, 0.6) is 0 Å². The molecule has 2 fully saturated rings. The molecule has 2 N–H and O–H groups in total. The number of carbonyl (C=O) groups excluding carboxylic acids is 2. The third-order valence-corrected chi connectivity index (χ3v) is 9.26. The van der Waals surface area contributed by atoms with E-state index in [2.05, 4.69) is 29.0 Å². The molecule has 9 nitrogen and oxygen atoms in total. The average molecular weight is 616 g/mol. The van der Waals surface area contributed by atoms with E-state index in [-0.39, 0.29) is 35.0 Å². The van der Waals surface area contributed by atoms with Crippen molar-refractivity contribution >= 4 is 28.9 Å². The van der Waals surface area contributed by atoms with Crippen molar-refractivity contribution in [3.63, 3.8) is 0 Å². The lowest BCUT2D eigenvalue weighted by Gasteiger charge is -2.44. The summed E-state index contributed by atoms with van der Waals surface area (Å²) in [6.45, 7) is 7.93. The standard InChI is InChI=1S/C32H40F3N5O4/c1-19-17-40(18-20(2)38(19)4)27-15-25(33)22(13-26(27)37-30(42)24-16-36-28(41)14-23(24)29(34)35)21-7-5-11-39(12-8-21)31(43)44-32(3)9-6-10-32/h7,13-16,19-20,29H,5-6,8-12,17-18H2,1-4H3,(H,36,41)(H,37,42). The third kappa shape index (κ3) is 6.64.